The van der Waals surface area contributed by atoms with Gasteiger partial charge in [-0.15, -0.1) is 6.58 Å². The second kappa shape index (κ2) is 17.6. The van der Waals surface area contributed by atoms with Crippen LogP contribution >= 0.6 is 23.2 Å². The van der Waals surface area contributed by atoms with Crippen molar-refractivity contribution in [2.45, 2.75) is 32.4 Å². The lowest BCUT2D eigenvalue weighted by molar-refractivity contribution is -0.130. The molecule has 238 valence electrons. The van der Waals surface area contributed by atoms with Crippen LogP contribution < -0.4 is 25.0 Å². The lowest BCUT2D eigenvalue weighted by Gasteiger charge is -2.18. The van der Waals surface area contributed by atoms with Gasteiger partial charge >= 0.3 is 0 Å². The molecule has 0 radical (unpaired) electrons. The third-order valence-corrected chi connectivity index (χ3v) is 7.28. The van der Waals surface area contributed by atoms with Gasteiger partial charge in [0.25, 0.3) is 11.8 Å². The minimum absolute atomic E-state index is 0.254. The summed E-state index contributed by atoms with van der Waals surface area (Å²) in [6.07, 6.45) is 4.04. The van der Waals surface area contributed by atoms with E-state index in [1.807, 2.05) is 67.6 Å². The van der Waals surface area contributed by atoms with E-state index in [2.05, 4.69) is 22.4 Å². The van der Waals surface area contributed by atoms with Crippen LogP contribution in [-0.4, -0.2) is 37.3 Å². The molecule has 1 atom stereocenters. The van der Waals surface area contributed by atoms with Crippen molar-refractivity contribution in [3.05, 3.63) is 136 Å². The quantitative estimate of drug-likeness (QED) is 0.0770. The molecule has 0 aliphatic carbocycles. The Morgan fingerprint density at radius 2 is 1.65 bits per heavy atom. The predicted molar refractivity (Wildman–Crippen MR) is 182 cm³/mol. The highest BCUT2D eigenvalue weighted by atomic mass is 35.5. The van der Waals surface area contributed by atoms with Gasteiger partial charge in [-0.25, -0.2) is 5.43 Å². The number of hydrazone groups is 1. The smallest absolute Gasteiger partial charge is 0.262 e. The van der Waals surface area contributed by atoms with Gasteiger partial charge in [0.2, 0.25) is 0 Å². The molecule has 0 spiro atoms. The average molecular weight is 661 g/mol. The molecule has 0 aliphatic rings. The molecule has 10 heteroatoms. The van der Waals surface area contributed by atoms with Crippen molar-refractivity contribution >= 4 is 41.2 Å². The van der Waals surface area contributed by atoms with Crippen LogP contribution in [0.2, 0.25) is 10.0 Å². The molecule has 0 bridgehead atoms. The molecular formula is C36H35Cl2N3O5. The number of nitrogens with zero attached hydrogens (tertiary/aromatic N) is 1. The van der Waals surface area contributed by atoms with Gasteiger partial charge in [0, 0.05) is 27.6 Å². The van der Waals surface area contributed by atoms with E-state index in [-0.39, 0.29) is 19.6 Å². The first-order valence-corrected chi connectivity index (χ1v) is 15.4. The topological polar surface area (TPSA) is 98.3 Å². The molecule has 46 heavy (non-hydrogen) atoms. The molecule has 0 heterocycles. The molecule has 8 nitrogen and oxygen atoms in total. The summed E-state index contributed by atoms with van der Waals surface area (Å²) in [6, 6.07) is 26.3. The van der Waals surface area contributed by atoms with E-state index >= 15 is 0 Å². The molecule has 0 aromatic heterocycles. The summed E-state index contributed by atoms with van der Waals surface area (Å²) in [6.45, 7) is 6.15. The molecule has 0 saturated carbocycles. The minimum atomic E-state index is -0.906. The molecule has 4 aromatic rings. The molecule has 0 unspecified atom stereocenters. The van der Waals surface area contributed by atoms with Gasteiger partial charge in [-0.05, 0) is 66.9 Å². The Balaban J connectivity index is 1.47. The summed E-state index contributed by atoms with van der Waals surface area (Å²) in [4.78, 5) is 26.0. The third-order valence-electron chi connectivity index (χ3n) is 6.65. The highest BCUT2D eigenvalue weighted by Crippen LogP contribution is 2.34. The standard InChI is InChI=1S/C36H35Cl2N3O5/c1-3-10-27-19-26(21-33(44-4-2)35(27)46-23-28-13-8-9-14-31(28)38)22-39-41-36(43)32(20-25-11-6-5-7-12-25)40-34(42)24-45-30-17-15-29(37)16-18-30/h3,5-9,11-19,21-22,32H,1,4,10,20,23-24H2,2H3,(H,40,42)(H,41,43)/b39-22-/t32-/m0/s1. The highest BCUT2D eigenvalue weighted by Gasteiger charge is 2.22. The fraction of sp³-hybridized carbons (Fsp3) is 0.194. The van der Waals surface area contributed by atoms with E-state index < -0.39 is 17.9 Å². The summed E-state index contributed by atoms with van der Waals surface area (Å²) in [7, 11) is 0. The zero-order valence-electron chi connectivity index (χ0n) is 25.4. The summed E-state index contributed by atoms with van der Waals surface area (Å²) >= 11 is 12.2. The number of hydrogen-bond acceptors (Lipinski definition) is 6. The number of allylic oxidation sites excluding steroid dienone is 1. The van der Waals surface area contributed by atoms with Crippen LogP contribution in [0.4, 0.5) is 0 Å². The Hall–Kier alpha value is -4.79. The van der Waals surface area contributed by atoms with Crippen molar-refractivity contribution in [2.75, 3.05) is 13.2 Å². The molecule has 2 amide bonds. The molecular weight excluding hydrogens is 625 g/mol. The number of benzene rings is 4. The maximum Gasteiger partial charge on any atom is 0.262 e. The fourth-order valence-corrected chi connectivity index (χ4v) is 4.80. The van der Waals surface area contributed by atoms with Crippen LogP contribution in [-0.2, 0) is 29.0 Å². The first-order chi connectivity index (χ1) is 22.4. The minimum Gasteiger partial charge on any atom is -0.490 e. The van der Waals surface area contributed by atoms with E-state index in [1.54, 1.807) is 36.4 Å². The van der Waals surface area contributed by atoms with Crippen molar-refractivity contribution < 1.29 is 23.8 Å². The third kappa shape index (κ3) is 10.4. The second-order valence-corrected chi connectivity index (χ2v) is 10.9. The van der Waals surface area contributed by atoms with Gasteiger partial charge in [0.15, 0.2) is 18.1 Å². The Kier molecular flexibility index (Phi) is 13.1. The number of amides is 2. The van der Waals surface area contributed by atoms with Crippen molar-refractivity contribution in [3.8, 4) is 17.2 Å². The largest absolute Gasteiger partial charge is 0.490 e. The number of carbonyl (C=O) groups is 2. The van der Waals surface area contributed by atoms with E-state index in [0.717, 1.165) is 16.7 Å². The molecule has 0 aliphatic heterocycles. The van der Waals surface area contributed by atoms with Crippen molar-refractivity contribution in [2.24, 2.45) is 5.10 Å². The lowest BCUT2D eigenvalue weighted by atomic mass is 10.1. The number of nitrogens with one attached hydrogen (secondary N) is 2. The second-order valence-electron chi connectivity index (χ2n) is 10.1. The summed E-state index contributed by atoms with van der Waals surface area (Å²) in [5, 5.41) is 8.11. The zero-order valence-corrected chi connectivity index (χ0v) is 26.9. The van der Waals surface area contributed by atoms with Gasteiger partial charge in [-0.3, -0.25) is 9.59 Å². The number of hydrogen-bond donors (Lipinski definition) is 2. The number of carbonyl (C=O) groups excluding carboxylic acids is 2. The molecule has 4 aromatic carbocycles. The molecule has 4 rings (SSSR count). The normalized spacial score (nSPS) is 11.5. The van der Waals surface area contributed by atoms with Gasteiger partial charge in [0.05, 0.1) is 12.8 Å². The van der Waals surface area contributed by atoms with Crippen LogP contribution in [0.15, 0.2) is 109 Å². The van der Waals surface area contributed by atoms with Crippen molar-refractivity contribution in [1.82, 2.24) is 10.7 Å². The number of halogens is 2. The van der Waals surface area contributed by atoms with E-state index in [4.69, 9.17) is 37.4 Å². The highest BCUT2D eigenvalue weighted by molar-refractivity contribution is 6.31. The average Bonchev–Trinajstić information content (AvgIpc) is 3.05. The van der Waals surface area contributed by atoms with E-state index in [0.29, 0.717) is 45.9 Å². The molecule has 0 fully saturated rings. The van der Waals surface area contributed by atoms with Gasteiger partial charge in [-0.2, -0.15) is 5.10 Å². The Labute approximate surface area is 279 Å². The maximum absolute atomic E-state index is 13.3. The fourth-order valence-electron chi connectivity index (χ4n) is 4.48. The number of ether oxygens (including phenoxy) is 3. The maximum atomic E-state index is 13.3. The van der Waals surface area contributed by atoms with E-state index in [9.17, 15) is 9.59 Å². The van der Waals surface area contributed by atoms with Crippen molar-refractivity contribution in [3.63, 3.8) is 0 Å². The van der Waals surface area contributed by atoms with Gasteiger partial charge in [0.1, 0.15) is 18.4 Å². The monoisotopic (exact) mass is 659 g/mol. The number of rotatable bonds is 16. The van der Waals surface area contributed by atoms with E-state index in [1.165, 1.54) is 6.21 Å². The molecule has 0 saturated heterocycles. The Morgan fingerprint density at radius 3 is 2.37 bits per heavy atom. The van der Waals surface area contributed by atoms with Crippen LogP contribution in [0.5, 0.6) is 17.2 Å². The Bertz CT molecular complexity index is 1650. The zero-order chi connectivity index (χ0) is 32.7. The Morgan fingerprint density at radius 1 is 0.913 bits per heavy atom. The first-order valence-electron chi connectivity index (χ1n) is 14.7. The summed E-state index contributed by atoms with van der Waals surface area (Å²) in [5.41, 5.74) is 5.78. The van der Waals surface area contributed by atoms with Crippen LogP contribution in [0.25, 0.3) is 0 Å². The lowest BCUT2D eigenvalue weighted by Crippen LogP contribution is -2.48. The SMILES string of the molecule is C=CCc1cc(/C=N\NC(=O)[C@H](Cc2ccccc2)NC(=O)COc2ccc(Cl)cc2)cc(OCC)c1OCc1ccccc1Cl. The summed E-state index contributed by atoms with van der Waals surface area (Å²) < 4.78 is 17.6. The van der Waals surface area contributed by atoms with Crippen molar-refractivity contribution in [1.29, 1.82) is 0 Å². The van der Waals surface area contributed by atoms with Gasteiger partial charge in [-0.1, -0.05) is 77.8 Å². The summed E-state index contributed by atoms with van der Waals surface area (Å²) in [5.74, 6) is 0.635. The van der Waals surface area contributed by atoms with Gasteiger partial charge < -0.3 is 19.5 Å². The molecule has 2 N–H and O–H groups in total. The predicted octanol–water partition coefficient (Wildman–Crippen LogP) is 6.96. The van der Waals surface area contributed by atoms with Crippen LogP contribution in [0.3, 0.4) is 0 Å². The van der Waals surface area contributed by atoms with Crippen LogP contribution in [0, 0.1) is 0 Å². The van der Waals surface area contributed by atoms with Crippen LogP contribution in [0.1, 0.15) is 29.2 Å². The first kappa shape index (κ1) is 34.1.